The summed E-state index contributed by atoms with van der Waals surface area (Å²) in [4.78, 5) is 28.3. The second kappa shape index (κ2) is 11.7. The predicted molar refractivity (Wildman–Crippen MR) is 144 cm³/mol. The van der Waals surface area contributed by atoms with Gasteiger partial charge in [-0.2, -0.15) is 0 Å². The van der Waals surface area contributed by atoms with Crippen LogP contribution in [0.2, 0.25) is 0 Å². The van der Waals surface area contributed by atoms with Crippen LogP contribution in [0.3, 0.4) is 0 Å². The number of amides is 2. The van der Waals surface area contributed by atoms with Gasteiger partial charge in [-0.25, -0.2) is 8.42 Å². The molecule has 11 heteroatoms. The third kappa shape index (κ3) is 6.95. The Morgan fingerprint density at radius 1 is 1.05 bits per heavy atom. The summed E-state index contributed by atoms with van der Waals surface area (Å²) in [6.45, 7) is 2.13. The van der Waals surface area contributed by atoms with Gasteiger partial charge in [-0.05, 0) is 49.6 Å². The summed E-state index contributed by atoms with van der Waals surface area (Å²) in [5.41, 5.74) is 1.11. The first kappa shape index (κ1) is 27.3. The number of anilines is 1. The number of nitrogens with one attached hydrogen (secondary N) is 1. The van der Waals surface area contributed by atoms with Crippen LogP contribution in [0.5, 0.6) is 11.5 Å². The molecule has 1 atom stereocenters. The fraction of sp³-hybridized carbons (Fsp3) is 0.462. The molecular weight excluding hydrogens is 562 g/mol. The highest BCUT2D eigenvalue weighted by molar-refractivity contribution is 9.10. The normalized spacial score (nSPS) is 16.2. The smallest absolute Gasteiger partial charge is 0.244 e. The van der Waals surface area contributed by atoms with Gasteiger partial charge < -0.3 is 19.7 Å². The molecule has 2 aromatic carbocycles. The van der Waals surface area contributed by atoms with E-state index in [-0.39, 0.29) is 24.2 Å². The average molecular weight is 595 g/mol. The topological polar surface area (TPSA) is 105 Å². The van der Waals surface area contributed by atoms with Crippen molar-refractivity contribution >= 4 is 43.5 Å². The molecule has 0 saturated heterocycles. The molecule has 1 saturated carbocycles. The number of ether oxygens (including phenoxy) is 2. The van der Waals surface area contributed by atoms with Gasteiger partial charge >= 0.3 is 0 Å². The highest BCUT2D eigenvalue weighted by Crippen LogP contribution is 2.34. The number of hydrogen-bond donors (Lipinski definition) is 1. The molecule has 2 aromatic rings. The number of sulfonamides is 1. The van der Waals surface area contributed by atoms with Crippen molar-refractivity contribution in [2.45, 2.75) is 51.2 Å². The number of halogens is 1. The molecule has 2 amide bonds. The lowest BCUT2D eigenvalue weighted by Gasteiger charge is -2.32. The molecule has 9 nitrogen and oxygen atoms in total. The Balaban J connectivity index is 1.59. The molecule has 0 bridgehead atoms. The lowest BCUT2D eigenvalue weighted by Crippen LogP contribution is -2.52. The van der Waals surface area contributed by atoms with Crippen LogP contribution < -0.4 is 19.1 Å². The van der Waals surface area contributed by atoms with Gasteiger partial charge in [-0.1, -0.05) is 40.9 Å². The summed E-state index contributed by atoms with van der Waals surface area (Å²) in [7, 11) is -3.83. The first-order valence-electron chi connectivity index (χ1n) is 12.3. The highest BCUT2D eigenvalue weighted by Gasteiger charge is 2.31. The number of fused-ring (bicyclic) bond motifs is 1. The number of rotatable bonds is 9. The zero-order valence-corrected chi connectivity index (χ0v) is 23.4. The maximum Gasteiger partial charge on any atom is 0.244 e. The van der Waals surface area contributed by atoms with E-state index in [1.165, 1.54) is 4.90 Å². The van der Waals surface area contributed by atoms with Crippen molar-refractivity contribution in [1.82, 2.24) is 10.2 Å². The van der Waals surface area contributed by atoms with Gasteiger partial charge in [0.05, 0.1) is 11.9 Å². The number of carbonyl (C=O) groups is 2. The van der Waals surface area contributed by atoms with Crippen LogP contribution in [-0.2, 0) is 26.2 Å². The fourth-order valence-electron chi connectivity index (χ4n) is 4.56. The largest absolute Gasteiger partial charge is 0.486 e. The highest BCUT2D eigenvalue weighted by atomic mass is 79.9. The maximum absolute atomic E-state index is 13.7. The van der Waals surface area contributed by atoms with E-state index in [1.807, 2.05) is 24.3 Å². The van der Waals surface area contributed by atoms with Crippen LogP contribution in [0.25, 0.3) is 0 Å². The average Bonchev–Trinajstić information content (AvgIpc) is 3.38. The van der Waals surface area contributed by atoms with Gasteiger partial charge in [0.25, 0.3) is 0 Å². The van der Waals surface area contributed by atoms with E-state index in [1.54, 1.807) is 25.1 Å². The van der Waals surface area contributed by atoms with Crippen molar-refractivity contribution in [3.8, 4) is 11.5 Å². The van der Waals surface area contributed by atoms with E-state index in [0.29, 0.717) is 24.7 Å². The number of benzene rings is 2. The molecule has 1 N–H and O–H groups in total. The van der Waals surface area contributed by atoms with E-state index in [4.69, 9.17) is 9.47 Å². The van der Waals surface area contributed by atoms with Crippen LogP contribution in [0.1, 0.15) is 38.2 Å². The molecule has 4 rings (SSSR count). The van der Waals surface area contributed by atoms with E-state index in [0.717, 1.165) is 46.3 Å². The van der Waals surface area contributed by atoms with E-state index < -0.39 is 28.5 Å². The fourth-order valence-corrected chi connectivity index (χ4v) is 5.67. The van der Waals surface area contributed by atoms with Crippen LogP contribution in [0, 0.1) is 0 Å². The van der Waals surface area contributed by atoms with Crippen molar-refractivity contribution in [1.29, 1.82) is 0 Å². The molecule has 1 heterocycles. The lowest BCUT2D eigenvalue weighted by molar-refractivity contribution is -0.139. The molecule has 1 aliphatic heterocycles. The van der Waals surface area contributed by atoms with E-state index in [2.05, 4.69) is 21.2 Å². The van der Waals surface area contributed by atoms with E-state index >= 15 is 0 Å². The summed E-state index contributed by atoms with van der Waals surface area (Å²) in [6, 6.07) is 11.5. The lowest BCUT2D eigenvalue weighted by atomic mass is 10.1. The van der Waals surface area contributed by atoms with Crippen LogP contribution in [-0.4, -0.2) is 63.2 Å². The van der Waals surface area contributed by atoms with Crippen molar-refractivity contribution in [2.75, 3.05) is 30.3 Å². The number of hydrogen-bond acceptors (Lipinski definition) is 6. The Morgan fingerprint density at radius 3 is 2.35 bits per heavy atom. The Labute approximate surface area is 226 Å². The first-order valence-corrected chi connectivity index (χ1v) is 15.0. The molecule has 0 radical (unpaired) electrons. The predicted octanol–water partition coefficient (Wildman–Crippen LogP) is 3.46. The minimum absolute atomic E-state index is 0.102. The van der Waals surface area contributed by atoms with E-state index in [9.17, 15) is 18.0 Å². The van der Waals surface area contributed by atoms with Crippen molar-refractivity contribution in [3.63, 3.8) is 0 Å². The summed E-state index contributed by atoms with van der Waals surface area (Å²) in [5, 5.41) is 3.06. The Morgan fingerprint density at radius 2 is 1.70 bits per heavy atom. The van der Waals surface area contributed by atoms with Gasteiger partial charge in [0.1, 0.15) is 25.8 Å². The summed E-state index contributed by atoms with van der Waals surface area (Å²) in [6.07, 6.45) is 5.03. The molecule has 0 unspecified atom stereocenters. The van der Waals surface area contributed by atoms with Crippen molar-refractivity contribution < 1.29 is 27.5 Å². The molecule has 2 aliphatic rings. The van der Waals surface area contributed by atoms with Gasteiger partial charge in [0.15, 0.2) is 11.5 Å². The number of carbonyl (C=O) groups excluding carboxylic acids is 2. The van der Waals surface area contributed by atoms with Crippen LogP contribution >= 0.6 is 15.9 Å². The van der Waals surface area contributed by atoms with Crippen LogP contribution in [0.4, 0.5) is 5.69 Å². The minimum atomic E-state index is -3.83. The maximum atomic E-state index is 13.7. The van der Waals surface area contributed by atoms with Gasteiger partial charge in [-0.3, -0.25) is 13.9 Å². The zero-order valence-electron chi connectivity index (χ0n) is 21.0. The van der Waals surface area contributed by atoms with Gasteiger partial charge in [0, 0.05) is 23.1 Å². The SMILES string of the molecule is C[C@@H](C(=O)NC1CCCC1)N(Cc1ccc(Br)cc1)C(=O)CN(c1ccc2c(c1)OCCO2)S(C)(=O)=O. The summed E-state index contributed by atoms with van der Waals surface area (Å²) in [5.74, 6) is 0.199. The van der Waals surface area contributed by atoms with Gasteiger partial charge in [0.2, 0.25) is 21.8 Å². The monoisotopic (exact) mass is 593 g/mol. The molecule has 200 valence electrons. The first-order chi connectivity index (χ1) is 17.6. The van der Waals surface area contributed by atoms with Crippen molar-refractivity contribution in [2.24, 2.45) is 0 Å². The summed E-state index contributed by atoms with van der Waals surface area (Å²) < 4.78 is 38.6. The Bertz CT molecular complexity index is 1230. The van der Waals surface area contributed by atoms with Crippen molar-refractivity contribution in [3.05, 3.63) is 52.5 Å². The Kier molecular flexibility index (Phi) is 8.63. The third-order valence-corrected chi connectivity index (χ3v) is 8.30. The molecular formula is C26H32BrN3O6S. The minimum Gasteiger partial charge on any atom is -0.486 e. The molecule has 0 spiro atoms. The van der Waals surface area contributed by atoms with Gasteiger partial charge in [-0.15, -0.1) is 0 Å². The zero-order chi connectivity index (χ0) is 26.6. The molecule has 1 aliphatic carbocycles. The molecule has 1 fully saturated rings. The quantitative estimate of drug-likeness (QED) is 0.477. The molecule has 0 aromatic heterocycles. The second-order valence-corrected chi connectivity index (χ2v) is 12.2. The Hall–Kier alpha value is -2.79. The molecule has 37 heavy (non-hydrogen) atoms. The summed E-state index contributed by atoms with van der Waals surface area (Å²) >= 11 is 3.41. The standard InChI is InChI=1S/C26H32BrN3O6S/c1-18(26(32)28-21-5-3-4-6-21)29(16-19-7-9-20(27)10-8-19)25(31)17-30(37(2,33)34)22-11-12-23-24(15-22)36-14-13-35-23/h7-12,15,18,21H,3-6,13-14,16-17H2,1-2H3,(H,28,32)/t18-/m0/s1. The third-order valence-electron chi connectivity index (χ3n) is 6.63. The van der Waals surface area contributed by atoms with Crippen LogP contribution in [0.15, 0.2) is 46.9 Å². The second-order valence-electron chi connectivity index (χ2n) is 9.41. The number of nitrogens with zero attached hydrogens (tertiary/aromatic N) is 2.